The number of hydrogen-bond acceptors (Lipinski definition) is 6. The number of benzene rings is 2. The molecule has 0 N–H and O–H groups in total. The van der Waals surface area contributed by atoms with Crippen molar-refractivity contribution in [3.8, 4) is 22.3 Å². The zero-order valence-corrected chi connectivity index (χ0v) is 21.4. The van der Waals surface area contributed by atoms with E-state index in [2.05, 4.69) is 46.4 Å². The maximum atomic E-state index is 5.16. The van der Waals surface area contributed by atoms with Gasteiger partial charge in [0.1, 0.15) is 0 Å². The van der Waals surface area contributed by atoms with E-state index in [9.17, 15) is 0 Å². The first-order valence-electron chi connectivity index (χ1n) is 12.9. The topological polar surface area (TPSA) is 76.3 Å². The molecule has 0 aliphatic carbocycles. The fourth-order valence-corrected chi connectivity index (χ4v) is 4.84. The summed E-state index contributed by atoms with van der Waals surface area (Å²) in [5, 5.41) is 0. The van der Waals surface area contributed by atoms with E-state index < -0.39 is 0 Å². The van der Waals surface area contributed by atoms with Crippen LogP contribution >= 0.6 is 0 Å². The van der Waals surface area contributed by atoms with Crippen LogP contribution in [-0.4, -0.2) is 31.4 Å². The average molecular weight is 515 g/mol. The van der Waals surface area contributed by atoms with Gasteiger partial charge in [0.15, 0.2) is 0 Å². The third-order valence-electron chi connectivity index (χ3n) is 6.79. The molecule has 2 aromatic carbocycles. The highest BCUT2D eigenvalue weighted by Gasteiger charge is 2.22. The van der Waals surface area contributed by atoms with Gasteiger partial charge in [0, 0.05) is 35.9 Å². The molecule has 6 nitrogen and oxygen atoms in total. The maximum absolute atomic E-state index is 5.16. The van der Waals surface area contributed by atoms with E-state index in [-0.39, 0.29) is 0 Å². The van der Waals surface area contributed by atoms with Gasteiger partial charge >= 0.3 is 0 Å². The number of fused-ring (bicyclic) bond motifs is 2. The zero-order valence-electron chi connectivity index (χ0n) is 21.4. The molecule has 1 aliphatic rings. The van der Waals surface area contributed by atoms with Crippen LogP contribution in [0.15, 0.2) is 144 Å². The smallest absolute Gasteiger partial charge is 0.0989 e. The van der Waals surface area contributed by atoms with Crippen LogP contribution in [0.1, 0.15) is 22.5 Å². The molecular formula is C34H22N6. The highest BCUT2D eigenvalue weighted by atomic mass is 14.9. The summed E-state index contributed by atoms with van der Waals surface area (Å²) >= 11 is 0. The van der Waals surface area contributed by atoms with Gasteiger partial charge in [-0.2, -0.15) is 0 Å². The average Bonchev–Trinajstić information content (AvgIpc) is 3.03. The van der Waals surface area contributed by atoms with Gasteiger partial charge in [0.05, 0.1) is 46.6 Å². The second-order valence-corrected chi connectivity index (χ2v) is 9.30. The molecule has 0 radical (unpaired) electrons. The van der Waals surface area contributed by atoms with Gasteiger partial charge in [0.25, 0.3) is 0 Å². The molecule has 6 aromatic rings. The minimum absolute atomic E-state index is 0.692. The number of hydrogen-bond donors (Lipinski definition) is 0. The van der Waals surface area contributed by atoms with Gasteiger partial charge in [0.2, 0.25) is 0 Å². The third-order valence-corrected chi connectivity index (χ3v) is 6.79. The molecular weight excluding hydrogens is 492 g/mol. The lowest BCUT2D eigenvalue weighted by molar-refractivity contribution is 1.22. The highest BCUT2D eigenvalue weighted by molar-refractivity contribution is 6.21. The Hall–Kier alpha value is -5.62. The van der Waals surface area contributed by atoms with Crippen LogP contribution in [0.2, 0.25) is 0 Å². The zero-order chi connectivity index (χ0) is 26.7. The van der Waals surface area contributed by atoms with Gasteiger partial charge < -0.3 is 0 Å². The summed E-state index contributed by atoms with van der Waals surface area (Å²) in [6.07, 6.45) is 10.7. The summed E-state index contributed by atoms with van der Waals surface area (Å²) in [5.74, 6) is 0. The second-order valence-electron chi connectivity index (χ2n) is 9.30. The lowest BCUT2D eigenvalue weighted by Crippen LogP contribution is -2.12. The molecule has 0 amide bonds. The van der Waals surface area contributed by atoms with Crippen molar-refractivity contribution in [2.45, 2.75) is 0 Å². The van der Waals surface area contributed by atoms with E-state index in [0.29, 0.717) is 22.8 Å². The van der Waals surface area contributed by atoms with Crippen molar-refractivity contribution in [2.75, 3.05) is 0 Å². The summed E-state index contributed by atoms with van der Waals surface area (Å²) in [6, 6.07) is 32.5. The molecule has 0 saturated heterocycles. The Labute approximate surface area is 231 Å². The minimum Gasteiger partial charge on any atom is -0.262 e. The Morgan fingerprint density at radius 3 is 1.30 bits per heavy atom. The van der Waals surface area contributed by atoms with E-state index in [4.69, 9.17) is 20.0 Å². The van der Waals surface area contributed by atoms with Crippen molar-refractivity contribution in [2.24, 2.45) is 9.98 Å². The number of rotatable bonds is 4. The van der Waals surface area contributed by atoms with Gasteiger partial charge in [-0.25, -0.2) is 9.98 Å². The lowest BCUT2D eigenvalue weighted by Gasteiger charge is -2.17. The normalized spacial score (nSPS) is 12.3. The highest BCUT2D eigenvalue weighted by Crippen LogP contribution is 2.33. The van der Waals surface area contributed by atoms with E-state index in [1.165, 1.54) is 0 Å². The summed E-state index contributed by atoms with van der Waals surface area (Å²) in [5.41, 5.74) is 10.3. The van der Waals surface area contributed by atoms with E-state index in [1.807, 2.05) is 73.1 Å². The lowest BCUT2D eigenvalue weighted by atomic mass is 9.98. The Balaban J connectivity index is 1.41. The standard InChI is InChI=1S/C34H22N6/c1-3-7-23(8-4-1)25-11-17-37-29(19-25)33-27-13-15-35-21-31(27)40-34(28-14-16-36-22-32(28)39-33)30-20-26(12-18-38-30)24-9-5-2-6-10-24/h1-22H. The van der Waals surface area contributed by atoms with Crippen molar-refractivity contribution in [1.82, 2.24) is 19.9 Å². The van der Waals surface area contributed by atoms with Gasteiger partial charge in [-0.1, -0.05) is 60.7 Å². The Bertz CT molecular complexity index is 1750. The fourth-order valence-electron chi connectivity index (χ4n) is 4.84. The molecule has 0 unspecified atom stereocenters. The van der Waals surface area contributed by atoms with E-state index in [0.717, 1.165) is 44.8 Å². The monoisotopic (exact) mass is 514 g/mol. The first kappa shape index (κ1) is 23.5. The fraction of sp³-hybridized carbons (Fsp3) is 0. The molecule has 1 aliphatic heterocycles. The summed E-state index contributed by atoms with van der Waals surface area (Å²) in [7, 11) is 0. The predicted octanol–water partition coefficient (Wildman–Crippen LogP) is 7.25. The number of aliphatic imine (C=N–C) groups is 2. The van der Waals surface area contributed by atoms with Crippen molar-refractivity contribution in [1.29, 1.82) is 0 Å². The Morgan fingerprint density at radius 2 is 0.850 bits per heavy atom. The van der Waals surface area contributed by atoms with Gasteiger partial charge in [-0.15, -0.1) is 0 Å². The molecule has 0 spiro atoms. The van der Waals surface area contributed by atoms with Crippen molar-refractivity contribution >= 4 is 22.8 Å². The number of aromatic nitrogens is 4. The van der Waals surface area contributed by atoms with Crippen molar-refractivity contribution in [3.63, 3.8) is 0 Å². The SMILES string of the molecule is c1ccc(-c2ccnc(C3=Nc4cnccc4C(c4cc(-c5ccccc5)ccn4)=Nc4cnccc43)c2)cc1. The van der Waals surface area contributed by atoms with Crippen LogP contribution < -0.4 is 0 Å². The number of pyridine rings is 4. The minimum atomic E-state index is 0.692. The molecule has 5 heterocycles. The third kappa shape index (κ3) is 4.48. The van der Waals surface area contributed by atoms with Crippen LogP contribution in [-0.2, 0) is 0 Å². The molecule has 0 fully saturated rings. The second kappa shape index (κ2) is 10.3. The van der Waals surface area contributed by atoms with Gasteiger partial charge in [-0.3, -0.25) is 19.9 Å². The van der Waals surface area contributed by atoms with Crippen molar-refractivity contribution in [3.05, 3.63) is 157 Å². The van der Waals surface area contributed by atoms with Crippen molar-refractivity contribution < 1.29 is 0 Å². The first-order valence-corrected chi connectivity index (χ1v) is 12.9. The summed E-state index contributed by atoms with van der Waals surface area (Å²) in [4.78, 5) is 28.6. The largest absolute Gasteiger partial charge is 0.262 e. The Kier molecular flexibility index (Phi) is 6.03. The molecule has 7 rings (SSSR count). The van der Waals surface area contributed by atoms with Crippen LogP contribution in [0.3, 0.4) is 0 Å². The summed E-state index contributed by atoms with van der Waals surface area (Å²) in [6.45, 7) is 0. The molecule has 0 bridgehead atoms. The first-order chi connectivity index (χ1) is 19.8. The van der Waals surface area contributed by atoms with Crippen LogP contribution in [0, 0.1) is 0 Å². The quantitative estimate of drug-likeness (QED) is 0.248. The van der Waals surface area contributed by atoms with Crippen LogP contribution in [0.5, 0.6) is 0 Å². The molecule has 40 heavy (non-hydrogen) atoms. The van der Waals surface area contributed by atoms with E-state index >= 15 is 0 Å². The summed E-state index contributed by atoms with van der Waals surface area (Å²) < 4.78 is 0. The van der Waals surface area contributed by atoms with Gasteiger partial charge in [-0.05, 0) is 58.7 Å². The number of nitrogens with zero attached hydrogens (tertiary/aromatic N) is 6. The molecule has 188 valence electrons. The molecule has 0 saturated carbocycles. The van der Waals surface area contributed by atoms with Crippen LogP contribution in [0.4, 0.5) is 11.4 Å². The Morgan fingerprint density at radius 1 is 0.400 bits per heavy atom. The molecule has 0 atom stereocenters. The predicted molar refractivity (Wildman–Crippen MR) is 158 cm³/mol. The van der Waals surface area contributed by atoms with Crippen LogP contribution in [0.25, 0.3) is 22.3 Å². The van der Waals surface area contributed by atoms with E-state index in [1.54, 1.807) is 24.8 Å². The molecule has 4 aromatic heterocycles. The molecule has 6 heteroatoms. The maximum Gasteiger partial charge on any atom is 0.0989 e.